The van der Waals surface area contributed by atoms with Crippen molar-refractivity contribution in [3.05, 3.63) is 52.8 Å². The summed E-state index contributed by atoms with van der Waals surface area (Å²) in [7, 11) is 0. The van der Waals surface area contributed by atoms with Crippen LogP contribution in [0.5, 0.6) is 0 Å². The Morgan fingerprint density at radius 3 is 2.89 bits per heavy atom. The lowest BCUT2D eigenvalue weighted by Crippen LogP contribution is -1.92. The third kappa shape index (κ3) is 1.94. The molecule has 2 aromatic heterocycles. The Labute approximate surface area is 113 Å². The van der Waals surface area contributed by atoms with E-state index >= 15 is 0 Å². The maximum absolute atomic E-state index is 5.68. The summed E-state index contributed by atoms with van der Waals surface area (Å²) in [6, 6.07) is 11.9. The number of furan rings is 1. The number of hydrogen-bond donors (Lipinski definition) is 1. The molecule has 2 N–H and O–H groups in total. The highest BCUT2D eigenvalue weighted by Crippen LogP contribution is 2.29. The zero-order valence-corrected chi connectivity index (χ0v) is 11.1. The summed E-state index contributed by atoms with van der Waals surface area (Å²) in [6.07, 6.45) is 1.79. The number of rotatable bonds is 2. The fourth-order valence-corrected chi connectivity index (χ4v) is 2.31. The average Bonchev–Trinajstić information content (AvgIpc) is 2.86. The molecule has 0 radical (unpaired) electrons. The Morgan fingerprint density at radius 2 is 2.11 bits per heavy atom. The van der Waals surface area contributed by atoms with E-state index in [-0.39, 0.29) is 0 Å². The van der Waals surface area contributed by atoms with E-state index in [9.17, 15) is 0 Å². The minimum atomic E-state index is 0.406. The van der Waals surface area contributed by atoms with Crippen molar-refractivity contribution in [1.82, 2.24) is 4.98 Å². The summed E-state index contributed by atoms with van der Waals surface area (Å²) in [5.74, 6) is 1.58. The molecule has 3 rings (SSSR count). The summed E-state index contributed by atoms with van der Waals surface area (Å²) >= 11 is 3.43. The van der Waals surface area contributed by atoms with E-state index in [1.165, 1.54) is 0 Å². The van der Waals surface area contributed by atoms with E-state index in [1.807, 2.05) is 36.4 Å². The Morgan fingerprint density at radius 1 is 1.22 bits per heavy atom. The first-order chi connectivity index (χ1) is 8.78. The molecule has 90 valence electrons. The van der Waals surface area contributed by atoms with E-state index < -0.39 is 0 Å². The number of para-hydroxylation sites is 1. The van der Waals surface area contributed by atoms with Gasteiger partial charge in [-0.25, -0.2) is 0 Å². The van der Waals surface area contributed by atoms with Gasteiger partial charge in [0.05, 0.1) is 12.1 Å². The molecule has 3 aromatic rings. The maximum atomic E-state index is 5.68. The molecule has 0 saturated carbocycles. The summed E-state index contributed by atoms with van der Waals surface area (Å²) in [5.41, 5.74) is 7.47. The second-order valence-corrected chi connectivity index (χ2v) is 4.92. The predicted molar refractivity (Wildman–Crippen MR) is 75.0 cm³/mol. The molecule has 0 saturated heterocycles. The normalized spacial score (nSPS) is 11.0. The van der Waals surface area contributed by atoms with Crippen LogP contribution in [0.25, 0.3) is 22.2 Å². The fraction of sp³-hybridized carbons (Fsp3) is 0.0714. The SMILES string of the molecule is NCc1ccc(-c2cccc3cc(Br)cnc23)o1. The monoisotopic (exact) mass is 302 g/mol. The number of hydrogen-bond acceptors (Lipinski definition) is 3. The zero-order valence-electron chi connectivity index (χ0n) is 9.56. The number of benzene rings is 1. The highest BCUT2D eigenvalue weighted by molar-refractivity contribution is 9.10. The van der Waals surface area contributed by atoms with Crippen molar-refractivity contribution in [2.45, 2.75) is 6.54 Å². The van der Waals surface area contributed by atoms with Gasteiger partial charge in [-0.2, -0.15) is 0 Å². The van der Waals surface area contributed by atoms with Gasteiger partial charge >= 0.3 is 0 Å². The zero-order chi connectivity index (χ0) is 12.5. The number of halogens is 1. The molecule has 0 aliphatic carbocycles. The quantitative estimate of drug-likeness (QED) is 0.785. The largest absolute Gasteiger partial charge is 0.460 e. The molecule has 0 fully saturated rings. The molecule has 0 atom stereocenters. The first-order valence-electron chi connectivity index (χ1n) is 5.61. The van der Waals surface area contributed by atoms with E-state index in [0.29, 0.717) is 6.54 Å². The number of fused-ring (bicyclic) bond motifs is 1. The molecule has 1 aromatic carbocycles. The summed E-state index contributed by atoms with van der Waals surface area (Å²) in [6.45, 7) is 0.406. The Kier molecular flexibility index (Phi) is 2.89. The highest BCUT2D eigenvalue weighted by Gasteiger charge is 2.09. The highest BCUT2D eigenvalue weighted by atomic mass is 79.9. The topological polar surface area (TPSA) is 52.0 Å². The van der Waals surface area contributed by atoms with Crippen LogP contribution in [0.2, 0.25) is 0 Å². The third-order valence-corrected chi connectivity index (χ3v) is 3.24. The first-order valence-corrected chi connectivity index (χ1v) is 6.40. The minimum absolute atomic E-state index is 0.406. The van der Waals surface area contributed by atoms with Gasteiger partial charge in [0.25, 0.3) is 0 Å². The third-order valence-electron chi connectivity index (χ3n) is 2.81. The van der Waals surface area contributed by atoms with Crippen molar-refractivity contribution in [2.75, 3.05) is 0 Å². The molecule has 0 aliphatic rings. The minimum Gasteiger partial charge on any atom is -0.460 e. The van der Waals surface area contributed by atoms with Gasteiger partial charge in [0.1, 0.15) is 11.5 Å². The van der Waals surface area contributed by atoms with Gasteiger partial charge in [0, 0.05) is 21.6 Å². The molecule has 18 heavy (non-hydrogen) atoms. The van der Waals surface area contributed by atoms with E-state index in [2.05, 4.69) is 20.9 Å². The van der Waals surface area contributed by atoms with Crippen molar-refractivity contribution < 1.29 is 4.42 Å². The molecule has 0 bridgehead atoms. The Hall–Kier alpha value is -1.65. The Balaban J connectivity index is 2.22. The van der Waals surface area contributed by atoms with Crippen molar-refractivity contribution in [3.8, 4) is 11.3 Å². The lowest BCUT2D eigenvalue weighted by molar-refractivity contribution is 0.526. The number of pyridine rings is 1. The van der Waals surface area contributed by atoms with E-state index in [4.69, 9.17) is 10.2 Å². The first kappa shape index (κ1) is 11.4. The van der Waals surface area contributed by atoms with Gasteiger partial charge in [-0.3, -0.25) is 4.98 Å². The van der Waals surface area contributed by atoms with Gasteiger partial charge in [0.15, 0.2) is 0 Å². The molecule has 0 amide bonds. The van der Waals surface area contributed by atoms with Crippen LogP contribution < -0.4 is 5.73 Å². The number of aromatic nitrogens is 1. The van der Waals surface area contributed by atoms with Gasteiger partial charge in [-0.1, -0.05) is 12.1 Å². The molecule has 0 aliphatic heterocycles. The summed E-state index contributed by atoms with van der Waals surface area (Å²) < 4.78 is 6.65. The average molecular weight is 303 g/mol. The Bertz CT molecular complexity index is 706. The lowest BCUT2D eigenvalue weighted by Gasteiger charge is -2.03. The standard InChI is InChI=1S/C14H11BrN2O/c15-10-6-9-2-1-3-12(14(9)17-8-10)13-5-4-11(7-16)18-13/h1-6,8H,7,16H2. The van der Waals surface area contributed by atoms with Crippen LogP contribution in [0.1, 0.15) is 5.76 Å². The van der Waals surface area contributed by atoms with Gasteiger partial charge < -0.3 is 10.2 Å². The second kappa shape index (κ2) is 4.55. The van der Waals surface area contributed by atoms with Crippen molar-refractivity contribution in [3.63, 3.8) is 0 Å². The van der Waals surface area contributed by atoms with E-state index in [0.717, 1.165) is 32.5 Å². The fourth-order valence-electron chi connectivity index (χ4n) is 1.97. The van der Waals surface area contributed by atoms with Gasteiger partial charge in [-0.05, 0) is 40.2 Å². The summed E-state index contributed by atoms with van der Waals surface area (Å²) in [5, 5.41) is 1.08. The van der Waals surface area contributed by atoms with Crippen molar-refractivity contribution >= 4 is 26.8 Å². The number of nitrogens with two attached hydrogens (primary N) is 1. The van der Waals surface area contributed by atoms with Crippen LogP contribution in [0.4, 0.5) is 0 Å². The van der Waals surface area contributed by atoms with Crippen LogP contribution in [0, 0.1) is 0 Å². The van der Waals surface area contributed by atoms with E-state index in [1.54, 1.807) is 6.20 Å². The molecule has 0 unspecified atom stereocenters. The van der Waals surface area contributed by atoms with Crippen LogP contribution >= 0.6 is 15.9 Å². The second-order valence-electron chi connectivity index (χ2n) is 4.00. The predicted octanol–water partition coefficient (Wildman–Crippen LogP) is 3.72. The van der Waals surface area contributed by atoms with Crippen LogP contribution in [-0.2, 0) is 6.54 Å². The molecular formula is C14H11BrN2O. The number of nitrogens with zero attached hydrogens (tertiary/aromatic N) is 1. The lowest BCUT2D eigenvalue weighted by atomic mass is 10.1. The van der Waals surface area contributed by atoms with Gasteiger partial charge in [0.2, 0.25) is 0 Å². The van der Waals surface area contributed by atoms with Gasteiger partial charge in [-0.15, -0.1) is 0 Å². The van der Waals surface area contributed by atoms with Crippen molar-refractivity contribution in [1.29, 1.82) is 0 Å². The van der Waals surface area contributed by atoms with Crippen molar-refractivity contribution in [2.24, 2.45) is 5.73 Å². The van der Waals surface area contributed by atoms with Crippen LogP contribution in [0.15, 0.2) is 51.5 Å². The maximum Gasteiger partial charge on any atom is 0.136 e. The smallest absolute Gasteiger partial charge is 0.136 e. The molecule has 2 heterocycles. The summed E-state index contributed by atoms with van der Waals surface area (Å²) in [4.78, 5) is 4.45. The molecular weight excluding hydrogens is 292 g/mol. The molecule has 0 spiro atoms. The molecule has 4 heteroatoms. The van der Waals surface area contributed by atoms with Crippen LogP contribution in [-0.4, -0.2) is 4.98 Å². The molecule has 3 nitrogen and oxygen atoms in total. The van der Waals surface area contributed by atoms with Crippen LogP contribution in [0.3, 0.4) is 0 Å².